The van der Waals surface area contributed by atoms with E-state index >= 15 is 0 Å². The van der Waals surface area contributed by atoms with Crippen molar-refractivity contribution in [3.63, 3.8) is 0 Å². The zero-order chi connectivity index (χ0) is 13.3. The number of hydrogen-bond acceptors (Lipinski definition) is 3. The average Bonchev–Trinajstić information content (AvgIpc) is 2.71. The SMILES string of the molecule is CC1CN(c2cc(Cl)ccc2CO)CC1N(C)C. The van der Waals surface area contributed by atoms with Crippen molar-refractivity contribution in [1.29, 1.82) is 0 Å². The summed E-state index contributed by atoms with van der Waals surface area (Å²) in [6.07, 6.45) is 0. The van der Waals surface area contributed by atoms with Gasteiger partial charge in [-0.25, -0.2) is 0 Å². The van der Waals surface area contributed by atoms with Crippen LogP contribution in [0.1, 0.15) is 12.5 Å². The molecule has 1 saturated heterocycles. The molecule has 0 amide bonds. The zero-order valence-corrected chi connectivity index (χ0v) is 12.0. The molecule has 4 heteroatoms. The minimum Gasteiger partial charge on any atom is -0.392 e. The smallest absolute Gasteiger partial charge is 0.0702 e. The summed E-state index contributed by atoms with van der Waals surface area (Å²) in [5, 5.41) is 10.2. The molecule has 0 radical (unpaired) electrons. The van der Waals surface area contributed by atoms with Crippen LogP contribution in [0.2, 0.25) is 5.02 Å². The van der Waals surface area contributed by atoms with E-state index in [0.29, 0.717) is 12.0 Å². The van der Waals surface area contributed by atoms with Gasteiger partial charge in [-0.05, 0) is 32.1 Å². The van der Waals surface area contributed by atoms with Gasteiger partial charge in [0, 0.05) is 35.4 Å². The summed E-state index contributed by atoms with van der Waals surface area (Å²) in [4.78, 5) is 4.60. The first-order valence-corrected chi connectivity index (χ1v) is 6.71. The van der Waals surface area contributed by atoms with Crippen molar-refractivity contribution in [2.75, 3.05) is 32.1 Å². The molecule has 0 aromatic heterocycles. The van der Waals surface area contributed by atoms with Crippen molar-refractivity contribution in [3.8, 4) is 0 Å². The fourth-order valence-electron chi connectivity index (χ4n) is 2.78. The van der Waals surface area contributed by atoms with Crippen LogP contribution in [0.5, 0.6) is 0 Å². The van der Waals surface area contributed by atoms with Gasteiger partial charge in [0.25, 0.3) is 0 Å². The minimum absolute atomic E-state index is 0.0595. The molecule has 2 atom stereocenters. The Morgan fingerprint density at radius 3 is 2.67 bits per heavy atom. The first-order chi connectivity index (χ1) is 8.52. The van der Waals surface area contributed by atoms with Crippen LogP contribution in [0.4, 0.5) is 5.69 Å². The van der Waals surface area contributed by atoms with E-state index in [4.69, 9.17) is 11.6 Å². The van der Waals surface area contributed by atoms with Crippen LogP contribution in [0, 0.1) is 5.92 Å². The molecule has 1 aliphatic heterocycles. The number of aliphatic hydroxyl groups excluding tert-OH is 1. The lowest BCUT2D eigenvalue weighted by molar-refractivity contribution is 0.266. The van der Waals surface area contributed by atoms with Crippen LogP contribution in [-0.2, 0) is 6.61 Å². The van der Waals surface area contributed by atoms with E-state index in [1.165, 1.54) is 0 Å². The highest BCUT2D eigenvalue weighted by atomic mass is 35.5. The van der Waals surface area contributed by atoms with Gasteiger partial charge in [0.2, 0.25) is 0 Å². The molecule has 3 nitrogen and oxygen atoms in total. The molecule has 18 heavy (non-hydrogen) atoms. The fourth-order valence-corrected chi connectivity index (χ4v) is 2.95. The van der Waals surface area contributed by atoms with Crippen molar-refractivity contribution in [3.05, 3.63) is 28.8 Å². The number of aliphatic hydroxyl groups is 1. The number of benzene rings is 1. The first kappa shape index (κ1) is 13.7. The minimum atomic E-state index is 0.0595. The molecule has 100 valence electrons. The van der Waals surface area contributed by atoms with Gasteiger partial charge in [-0.3, -0.25) is 0 Å². The molecule has 1 aromatic rings. The van der Waals surface area contributed by atoms with Crippen LogP contribution < -0.4 is 4.90 Å². The average molecular weight is 269 g/mol. The third kappa shape index (κ3) is 2.63. The standard InChI is InChI=1S/C14H21ClN2O/c1-10-7-17(8-14(10)16(2)3)13-6-12(15)5-4-11(13)9-18/h4-6,10,14,18H,7-9H2,1-3H3. The van der Waals surface area contributed by atoms with Gasteiger partial charge in [0.15, 0.2) is 0 Å². The second-order valence-corrected chi connectivity index (χ2v) is 5.78. The van der Waals surface area contributed by atoms with E-state index in [1.807, 2.05) is 18.2 Å². The van der Waals surface area contributed by atoms with Crippen molar-refractivity contribution >= 4 is 17.3 Å². The topological polar surface area (TPSA) is 26.7 Å². The van der Waals surface area contributed by atoms with E-state index < -0.39 is 0 Å². The van der Waals surface area contributed by atoms with Crippen molar-refractivity contribution in [2.24, 2.45) is 5.92 Å². The molecule has 0 spiro atoms. The maximum atomic E-state index is 9.43. The summed E-state index contributed by atoms with van der Waals surface area (Å²) in [5.41, 5.74) is 2.02. The lowest BCUT2D eigenvalue weighted by atomic mass is 10.1. The van der Waals surface area contributed by atoms with Gasteiger partial charge in [-0.15, -0.1) is 0 Å². The number of anilines is 1. The summed E-state index contributed by atoms with van der Waals surface area (Å²) in [6, 6.07) is 6.25. The van der Waals surface area contributed by atoms with E-state index in [2.05, 4.69) is 30.8 Å². The Balaban J connectivity index is 2.25. The molecule has 2 rings (SSSR count). The molecule has 1 heterocycles. The van der Waals surface area contributed by atoms with Crippen molar-refractivity contribution < 1.29 is 5.11 Å². The van der Waals surface area contributed by atoms with E-state index in [-0.39, 0.29) is 6.61 Å². The van der Waals surface area contributed by atoms with Crippen LogP contribution >= 0.6 is 11.6 Å². The maximum absolute atomic E-state index is 9.43. The second-order valence-electron chi connectivity index (χ2n) is 5.34. The lowest BCUT2D eigenvalue weighted by Crippen LogP contribution is -2.34. The molecule has 0 bridgehead atoms. The Kier molecular flexibility index (Phi) is 4.15. The molecule has 0 saturated carbocycles. The molecule has 1 aliphatic rings. The summed E-state index contributed by atoms with van der Waals surface area (Å²) >= 11 is 6.07. The number of nitrogens with zero attached hydrogens (tertiary/aromatic N) is 2. The quantitative estimate of drug-likeness (QED) is 0.911. The van der Waals surface area contributed by atoms with Gasteiger partial charge in [-0.1, -0.05) is 24.6 Å². The predicted molar refractivity (Wildman–Crippen MR) is 76.2 cm³/mol. The molecule has 1 N–H and O–H groups in total. The Hall–Kier alpha value is -0.770. The summed E-state index contributed by atoms with van der Waals surface area (Å²) < 4.78 is 0. The van der Waals surface area contributed by atoms with E-state index in [1.54, 1.807) is 0 Å². The van der Waals surface area contributed by atoms with Gasteiger partial charge in [-0.2, -0.15) is 0 Å². The molecular formula is C14H21ClN2O. The van der Waals surface area contributed by atoms with Crippen LogP contribution in [0.25, 0.3) is 0 Å². The number of hydrogen-bond donors (Lipinski definition) is 1. The number of rotatable bonds is 3. The summed E-state index contributed by atoms with van der Waals surface area (Å²) in [7, 11) is 4.24. The van der Waals surface area contributed by atoms with Crippen molar-refractivity contribution in [1.82, 2.24) is 4.90 Å². The Bertz CT molecular complexity index is 422. The van der Waals surface area contributed by atoms with Gasteiger partial charge >= 0.3 is 0 Å². The largest absolute Gasteiger partial charge is 0.392 e. The third-order valence-electron chi connectivity index (χ3n) is 3.79. The van der Waals surface area contributed by atoms with Crippen LogP contribution in [0.15, 0.2) is 18.2 Å². The highest BCUT2D eigenvalue weighted by molar-refractivity contribution is 6.30. The fraction of sp³-hybridized carbons (Fsp3) is 0.571. The number of halogens is 1. The van der Waals surface area contributed by atoms with Crippen molar-refractivity contribution in [2.45, 2.75) is 19.6 Å². The Labute approximate surface area is 114 Å². The molecule has 0 aliphatic carbocycles. The predicted octanol–water partition coefficient (Wildman–Crippen LogP) is 2.22. The van der Waals surface area contributed by atoms with Crippen LogP contribution in [-0.4, -0.2) is 43.2 Å². The first-order valence-electron chi connectivity index (χ1n) is 6.33. The van der Waals surface area contributed by atoms with Crippen LogP contribution in [0.3, 0.4) is 0 Å². The van der Waals surface area contributed by atoms with E-state index in [9.17, 15) is 5.11 Å². The van der Waals surface area contributed by atoms with Gasteiger partial charge in [0.05, 0.1) is 6.61 Å². The zero-order valence-electron chi connectivity index (χ0n) is 11.2. The van der Waals surface area contributed by atoms with Gasteiger partial charge < -0.3 is 14.9 Å². The van der Waals surface area contributed by atoms with E-state index in [0.717, 1.165) is 29.4 Å². The summed E-state index contributed by atoms with van der Waals surface area (Å²) in [5.74, 6) is 0.616. The summed E-state index contributed by atoms with van der Waals surface area (Å²) in [6.45, 7) is 4.33. The Morgan fingerprint density at radius 1 is 1.39 bits per heavy atom. The maximum Gasteiger partial charge on any atom is 0.0702 e. The van der Waals surface area contributed by atoms with Gasteiger partial charge in [0.1, 0.15) is 0 Å². The third-order valence-corrected chi connectivity index (χ3v) is 4.03. The lowest BCUT2D eigenvalue weighted by Gasteiger charge is -2.24. The molecule has 1 aromatic carbocycles. The molecular weight excluding hydrogens is 248 g/mol. The monoisotopic (exact) mass is 268 g/mol. The number of likely N-dealkylation sites (N-methyl/N-ethyl adjacent to an activating group) is 1. The highest BCUT2D eigenvalue weighted by Crippen LogP contribution is 2.31. The second kappa shape index (κ2) is 5.47. The Morgan fingerprint density at radius 2 is 2.11 bits per heavy atom. The molecule has 2 unspecified atom stereocenters. The normalized spacial score (nSPS) is 24.0. The molecule has 1 fully saturated rings. The highest BCUT2D eigenvalue weighted by Gasteiger charge is 2.31.